The molecule has 2 rings (SSSR count). The van der Waals surface area contributed by atoms with Gasteiger partial charge in [-0.1, -0.05) is 0 Å². The molecule has 0 N–H and O–H groups in total. The molecule has 0 saturated heterocycles. The van der Waals surface area contributed by atoms with Gasteiger partial charge in [0.1, 0.15) is 0 Å². The van der Waals surface area contributed by atoms with E-state index in [1.54, 1.807) is 0 Å². The van der Waals surface area contributed by atoms with Crippen LogP contribution >= 0.6 is 0 Å². The molecule has 208 valence electrons. The van der Waals surface area contributed by atoms with Gasteiger partial charge in [0.05, 0.1) is 0 Å². The van der Waals surface area contributed by atoms with Crippen LogP contribution in [0.4, 0.5) is 0 Å². The number of unbranched alkanes of at least 4 members (excludes halogenated alkanes) is 4. The van der Waals surface area contributed by atoms with Crippen LogP contribution in [0.2, 0.25) is 17.7 Å². The minimum atomic E-state index is -3.57. The zero-order chi connectivity index (χ0) is 27.0. The summed E-state index contributed by atoms with van der Waals surface area (Å²) in [5.41, 5.74) is 2.61. The van der Waals surface area contributed by atoms with Gasteiger partial charge >= 0.3 is 241 Å². The van der Waals surface area contributed by atoms with Gasteiger partial charge in [0, 0.05) is 0 Å². The van der Waals surface area contributed by atoms with Crippen LogP contribution in [0.1, 0.15) is 104 Å². The summed E-state index contributed by atoms with van der Waals surface area (Å²) >= 11 is -7.14. The van der Waals surface area contributed by atoms with Gasteiger partial charge in [-0.05, 0) is 0 Å². The minimum absolute atomic E-state index is 0.986. The molecular formula is C32H54O3Sn2. The first kappa shape index (κ1) is 32.8. The Balaban J connectivity index is 2.61. The summed E-state index contributed by atoms with van der Waals surface area (Å²) in [4.78, 5) is 0. The van der Waals surface area contributed by atoms with Crippen molar-refractivity contribution in [3.8, 4) is 11.5 Å². The van der Waals surface area contributed by atoms with Gasteiger partial charge < -0.3 is 0 Å². The number of rotatable bonds is 20. The molecule has 2 aromatic rings. The maximum absolute atomic E-state index is 7.82. The Hall–Kier alpha value is -0.403. The van der Waals surface area contributed by atoms with Gasteiger partial charge in [-0.15, -0.1) is 0 Å². The van der Waals surface area contributed by atoms with Crippen molar-refractivity contribution in [1.29, 1.82) is 0 Å². The molecule has 2 aromatic carbocycles. The van der Waals surface area contributed by atoms with Crippen LogP contribution in [0.3, 0.4) is 0 Å². The second-order valence-electron chi connectivity index (χ2n) is 10.5. The zero-order valence-corrected chi connectivity index (χ0v) is 30.5. The predicted molar refractivity (Wildman–Crippen MR) is 164 cm³/mol. The SMILES string of the molecule is CCC[CH2][Sn]([CH2]CCC)([O]c1ccccc1CC)[O][Sn]([CH2]CCC)([CH2]CCC)[O]c1ccccc1CC. The molecule has 0 radical (unpaired) electrons. The summed E-state index contributed by atoms with van der Waals surface area (Å²) in [6.45, 7) is 13.7. The number of benzene rings is 2. The van der Waals surface area contributed by atoms with Gasteiger partial charge in [-0.2, -0.15) is 0 Å². The van der Waals surface area contributed by atoms with E-state index in [-0.39, 0.29) is 0 Å². The van der Waals surface area contributed by atoms with Crippen molar-refractivity contribution in [2.75, 3.05) is 0 Å². The molecule has 0 spiro atoms. The Morgan fingerprint density at radius 3 is 1.11 bits per heavy atom. The molecule has 0 bridgehead atoms. The summed E-state index contributed by atoms with van der Waals surface area (Å²) in [6, 6.07) is 17.4. The third-order valence-corrected chi connectivity index (χ3v) is 39.8. The molecule has 3 nitrogen and oxygen atoms in total. The summed E-state index contributed by atoms with van der Waals surface area (Å²) in [5.74, 6) is 2.15. The summed E-state index contributed by atoms with van der Waals surface area (Å²) in [6.07, 6.45) is 11.4. The van der Waals surface area contributed by atoms with E-state index >= 15 is 0 Å². The molecule has 0 amide bonds. The fourth-order valence-electron chi connectivity index (χ4n) is 5.02. The van der Waals surface area contributed by atoms with Crippen LogP contribution in [-0.4, -0.2) is 38.4 Å². The molecule has 0 saturated carbocycles. The first-order chi connectivity index (χ1) is 18.0. The van der Waals surface area contributed by atoms with Crippen molar-refractivity contribution >= 4 is 38.4 Å². The van der Waals surface area contributed by atoms with E-state index in [2.05, 4.69) is 90.1 Å². The summed E-state index contributed by atoms with van der Waals surface area (Å²) in [5, 5.41) is 0. The molecule has 0 aliphatic heterocycles. The standard InChI is InChI=1S/2C8H10O.4C4H9.O.2Sn/c2*1-2-7-5-3-4-6-8(7)9;4*1-3-4-2;;;/h2*3-6,9H,2H2,1H3;4*1,3-4H2,2H3;;;/q;;;;;;;2*+1/p-2. The molecule has 5 heteroatoms. The summed E-state index contributed by atoms with van der Waals surface area (Å²) in [7, 11) is 0. The van der Waals surface area contributed by atoms with Crippen LogP contribution in [-0.2, 0) is 14.3 Å². The van der Waals surface area contributed by atoms with Crippen LogP contribution in [0.25, 0.3) is 0 Å². The first-order valence-corrected chi connectivity index (χ1v) is 28.0. The van der Waals surface area contributed by atoms with Crippen LogP contribution in [0.5, 0.6) is 11.5 Å². The Kier molecular flexibility index (Phi) is 16.0. The third kappa shape index (κ3) is 10.6. The molecule has 0 aromatic heterocycles. The Morgan fingerprint density at radius 1 is 0.486 bits per heavy atom. The van der Waals surface area contributed by atoms with E-state index in [1.807, 2.05) is 0 Å². The van der Waals surface area contributed by atoms with Crippen molar-refractivity contribution in [2.45, 2.75) is 123 Å². The molecule has 37 heavy (non-hydrogen) atoms. The van der Waals surface area contributed by atoms with Gasteiger partial charge in [-0.3, -0.25) is 0 Å². The number of para-hydroxylation sites is 2. The van der Waals surface area contributed by atoms with Gasteiger partial charge in [0.15, 0.2) is 0 Å². The first-order valence-electron chi connectivity index (χ1n) is 15.2. The fourth-order valence-corrected chi connectivity index (χ4v) is 46.9. The van der Waals surface area contributed by atoms with Gasteiger partial charge in [0.2, 0.25) is 0 Å². The Bertz CT molecular complexity index is 798. The molecule has 0 aliphatic rings. The van der Waals surface area contributed by atoms with Crippen LogP contribution < -0.4 is 6.15 Å². The van der Waals surface area contributed by atoms with Crippen molar-refractivity contribution in [3.05, 3.63) is 59.7 Å². The zero-order valence-electron chi connectivity index (χ0n) is 24.7. The van der Waals surface area contributed by atoms with Gasteiger partial charge in [0.25, 0.3) is 0 Å². The molecule has 0 atom stereocenters. The molecule has 0 unspecified atom stereocenters. The fraction of sp³-hybridized carbons (Fsp3) is 0.625. The number of aryl methyl sites for hydroxylation is 2. The molecule has 0 fully saturated rings. The van der Waals surface area contributed by atoms with Crippen LogP contribution in [0.15, 0.2) is 48.5 Å². The quantitative estimate of drug-likeness (QED) is 0.127. The Morgan fingerprint density at radius 2 is 0.811 bits per heavy atom. The van der Waals surface area contributed by atoms with E-state index in [1.165, 1.54) is 62.5 Å². The normalized spacial score (nSPS) is 12.1. The van der Waals surface area contributed by atoms with E-state index < -0.39 is 38.4 Å². The third-order valence-electron chi connectivity index (χ3n) is 7.32. The molecule has 0 heterocycles. The van der Waals surface area contributed by atoms with Crippen molar-refractivity contribution in [3.63, 3.8) is 0 Å². The predicted octanol–water partition coefficient (Wildman–Crippen LogP) is 10.4. The maximum atomic E-state index is 7.82. The second kappa shape index (κ2) is 18.0. The van der Waals surface area contributed by atoms with Crippen molar-refractivity contribution in [2.24, 2.45) is 0 Å². The molecular weight excluding hydrogens is 670 g/mol. The average Bonchev–Trinajstić information content (AvgIpc) is 2.93. The van der Waals surface area contributed by atoms with Crippen molar-refractivity contribution in [1.82, 2.24) is 0 Å². The topological polar surface area (TPSA) is 27.7 Å². The van der Waals surface area contributed by atoms with E-state index in [4.69, 9.17) is 7.56 Å². The Labute approximate surface area is 239 Å². The summed E-state index contributed by atoms with van der Waals surface area (Å²) < 4.78 is 26.9. The van der Waals surface area contributed by atoms with Crippen LogP contribution in [0, 0.1) is 0 Å². The number of hydrogen-bond donors (Lipinski definition) is 0. The van der Waals surface area contributed by atoms with E-state index in [9.17, 15) is 0 Å². The number of hydrogen-bond acceptors (Lipinski definition) is 3. The van der Waals surface area contributed by atoms with Gasteiger partial charge in [-0.25, -0.2) is 0 Å². The second-order valence-corrected chi connectivity index (χ2v) is 32.2. The van der Waals surface area contributed by atoms with E-state index in [0.717, 1.165) is 42.1 Å². The monoisotopic (exact) mass is 726 g/mol. The van der Waals surface area contributed by atoms with E-state index in [0.29, 0.717) is 0 Å². The molecule has 0 aliphatic carbocycles. The average molecular weight is 724 g/mol. The van der Waals surface area contributed by atoms with Crippen molar-refractivity contribution < 1.29 is 7.56 Å².